The number of ether oxygens (including phenoxy) is 1. The lowest BCUT2D eigenvalue weighted by Gasteiger charge is -2.23. The Labute approximate surface area is 108 Å². The highest BCUT2D eigenvalue weighted by Crippen LogP contribution is 2.24. The number of hydrogen-bond acceptors (Lipinski definition) is 3. The first-order valence-corrected chi connectivity index (χ1v) is 6.66. The third-order valence-corrected chi connectivity index (χ3v) is 3.73. The van der Waals surface area contributed by atoms with Crippen LogP contribution in [0, 0.1) is 11.8 Å². The zero-order valence-electron chi connectivity index (χ0n) is 11.3. The molecule has 0 saturated carbocycles. The van der Waals surface area contributed by atoms with E-state index in [-0.39, 0.29) is 23.8 Å². The standard InChI is InChI=1S/C13H23NO4/c1-4-8(3)11(13(16)17)14-12(15)9-6-7-18-10(9)5-2/h8-11H,4-7H2,1-3H3,(H,14,15)(H,16,17)/t8?,9?,10?,11-/m0/s1. The highest BCUT2D eigenvalue weighted by atomic mass is 16.5. The van der Waals surface area contributed by atoms with Gasteiger partial charge in [0.05, 0.1) is 12.0 Å². The number of carbonyl (C=O) groups excluding carboxylic acids is 1. The molecular formula is C13H23NO4. The average molecular weight is 257 g/mol. The van der Waals surface area contributed by atoms with Crippen molar-refractivity contribution in [3.63, 3.8) is 0 Å². The number of carboxylic acids is 1. The van der Waals surface area contributed by atoms with Crippen LogP contribution in [0.4, 0.5) is 0 Å². The summed E-state index contributed by atoms with van der Waals surface area (Å²) in [6, 6.07) is -0.805. The van der Waals surface area contributed by atoms with E-state index < -0.39 is 12.0 Å². The largest absolute Gasteiger partial charge is 0.480 e. The van der Waals surface area contributed by atoms with Crippen molar-refractivity contribution in [3.8, 4) is 0 Å². The van der Waals surface area contributed by atoms with E-state index in [9.17, 15) is 9.59 Å². The van der Waals surface area contributed by atoms with Gasteiger partial charge in [-0.25, -0.2) is 4.79 Å². The van der Waals surface area contributed by atoms with Crippen LogP contribution >= 0.6 is 0 Å². The van der Waals surface area contributed by atoms with Gasteiger partial charge in [-0.3, -0.25) is 4.79 Å². The normalized spacial score (nSPS) is 26.6. The summed E-state index contributed by atoms with van der Waals surface area (Å²) in [5.41, 5.74) is 0. The third-order valence-electron chi connectivity index (χ3n) is 3.73. The molecule has 0 aromatic heterocycles. The summed E-state index contributed by atoms with van der Waals surface area (Å²) in [5.74, 6) is -1.44. The first-order chi connectivity index (χ1) is 8.51. The molecule has 0 radical (unpaired) electrons. The smallest absolute Gasteiger partial charge is 0.326 e. The zero-order valence-corrected chi connectivity index (χ0v) is 11.3. The summed E-state index contributed by atoms with van der Waals surface area (Å²) < 4.78 is 5.46. The van der Waals surface area contributed by atoms with E-state index in [1.807, 2.05) is 20.8 Å². The van der Waals surface area contributed by atoms with Crippen molar-refractivity contribution in [2.45, 2.75) is 52.2 Å². The molecule has 0 bridgehead atoms. The molecule has 1 saturated heterocycles. The van der Waals surface area contributed by atoms with Crippen molar-refractivity contribution in [2.24, 2.45) is 11.8 Å². The van der Waals surface area contributed by atoms with E-state index in [1.165, 1.54) is 0 Å². The Bertz CT molecular complexity index is 305. The van der Waals surface area contributed by atoms with E-state index >= 15 is 0 Å². The maximum atomic E-state index is 12.1. The quantitative estimate of drug-likeness (QED) is 0.754. The molecular weight excluding hydrogens is 234 g/mol. The van der Waals surface area contributed by atoms with Crippen molar-refractivity contribution in [3.05, 3.63) is 0 Å². The average Bonchev–Trinajstić information content (AvgIpc) is 2.82. The predicted molar refractivity (Wildman–Crippen MR) is 67.2 cm³/mol. The Hall–Kier alpha value is -1.10. The molecule has 0 aromatic carbocycles. The van der Waals surface area contributed by atoms with Gasteiger partial charge in [-0.15, -0.1) is 0 Å². The Kier molecular flexibility index (Phi) is 5.59. The summed E-state index contributed by atoms with van der Waals surface area (Å²) in [7, 11) is 0. The second-order valence-corrected chi connectivity index (χ2v) is 4.92. The molecule has 104 valence electrons. The van der Waals surface area contributed by atoms with Crippen LogP contribution in [0.25, 0.3) is 0 Å². The molecule has 2 N–H and O–H groups in total. The fraction of sp³-hybridized carbons (Fsp3) is 0.846. The summed E-state index contributed by atoms with van der Waals surface area (Å²) >= 11 is 0. The molecule has 1 fully saturated rings. The monoisotopic (exact) mass is 257 g/mol. The predicted octanol–water partition coefficient (Wildman–Crippen LogP) is 1.42. The van der Waals surface area contributed by atoms with Crippen molar-refractivity contribution in [2.75, 3.05) is 6.61 Å². The van der Waals surface area contributed by atoms with Crippen LogP contribution in [0.1, 0.15) is 40.0 Å². The van der Waals surface area contributed by atoms with Gasteiger partial charge in [0.25, 0.3) is 0 Å². The van der Waals surface area contributed by atoms with Gasteiger partial charge in [0, 0.05) is 6.61 Å². The van der Waals surface area contributed by atoms with Crippen molar-refractivity contribution in [1.82, 2.24) is 5.32 Å². The molecule has 1 rings (SSSR count). The number of rotatable bonds is 6. The van der Waals surface area contributed by atoms with E-state index in [2.05, 4.69) is 5.32 Å². The minimum atomic E-state index is -0.968. The second-order valence-electron chi connectivity index (χ2n) is 4.92. The van der Waals surface area contributed by atoms with E-state index in [0.29, 0.717) is 13.0 Å². The minimum absolute atomic E-state index is 0.0728. The number of amides is 1. The fourth-order valence-electron chi connectivity index (χ4n) is 2.29. The molecule has 1 aliphatic rings. The Balaban J connectivity index is 2.63. The molecule has 4 atom stereocenters. The van der Waals surface area contributed by atoms with Gasteiger partial charge in [-0.05, 0) is 18.8 Å². The Morgan fingerprint density at radius 2 is 2.11 bits per heavy atom. The van der Waals surface area contributed by atoms with Crippen LogP contribution < -0.4 is 5.32 Å². The van der Waals surface area contributed by atoms with Crippen molar-refractivity contribution in [1.29, 1.82) is 0 Å². The summed E-state index contributed by atoms with van der Waals surface area (Å²) in [4.78, 5) is 23.3. The molecule has 5 heteroatoms. The van der Waals surface area contributed by atoms with Crippen LogP contribution in [0.3, 0.4) is 0 Å². The van der Waals surface area contributed by atoms with Crippen LogP contribution in [-0.4, -0.2) is 35.7 Å². The van der Waals surface area contributed by atoms with Crippen molar-refractivity contribution >= 4 is 11.9 Å². The molecule has 0 aliphatic carbocycles. The molecule has 0 aromatic rings. The molecule has 3 unspecified atom stereocenters. The maximum Gasteiger partial charge on any atom is 0.326 e. The van der Waals surface area contributed by atoms with Crippen LogP contribution in [0.5, 0.6) is 0 Å². The molecule has 5 nitrogen and oxygen atoms in total. The summed E-state index contributed by atoms with van der Waals surface area (Å²) in [6.45, 7) is 6.30. The lowest BCUT2D eigenvalue weighted by atomic mass is 9.95. The Morgan fingerprint density at radius 3 is 2.61 bits per heavy atom. The van der Waals surface area contributed by atoms with Gasteiger partial charge >= 0.3 is 5.97 Å². The number of hydrogen-bond donors (Lipinski definition) is 2. The lowest BCUT2D eigenvalue weighted by Crippen LogP contribution is -2.48. The Morgan fingerprint density at radius 1 is 1.44 bits per heavy atom. The second kappa shape index (κ2) is 6.73. The first kappa shape index (κ1) is 15.0. The van der Waals surface area contributed by atoms with Crippen molar-refractivity contribution < 1.29 is 19.4 Å². The van der Waals surface area contributed by atoms with Gasteiger partial charge in [-0.1, -0.05) is 27.2 Å². The van der Waals surface area contributed by atoms with Gasteiger partial charge in [0.1, 0.15) is 6.04 Å². The molecule has 1 heterocycles. The topological polar surface area (TPSA) is 75.6 Å². The number of carboxylic acid groups (broad SMARTS) is 1. The van der Waals surface area contributed by atoms with Crippen LogP contribution in [0.15, 0.2) is 0 Å². The molecule has 18 heavy (non-hydrogen) atoms. The summed E-state index contributed by atoms with van der Waals surface area (Å²) in [6.07, 6.45) is 2.10. The van der Waals surface area contributed by atoms with Crippen LogP contribution in [-0.2, 0) is 14.3 Å². The lowest BCUT2D eigenvalue weighted by molar-refractivity contribution is -0.144. The number of carbonyl (C=O) groups is 2. The molecule has 0 spiro atoms. The van der Waals surface area contributed by atoms with E-state index in [4.69, 9.17) is 9.84 Å². The van der Waals surface area contributed by atoms with Gasteiger partial charge < -0.3 is 15.2 Å². The summed E-state index contributed by atoms with van der Waals surface area (Å²) in [5, 5.41) is 11.8. The number of nitrogens with one attached hydrogen (secondary N) is 1. The molecule has 1 aliphatic heterocycles. The van der Waals surface area contributed by atoms with Gasteiger partial charge in [0.2, 0.25) is 5.91 Å². The third kappa shape index (κ3) is 3.45. The van der Waals surface area contributed by atoms with Gasteiger partial charge in [-0.2, -0.15) is 0 Å². The fourth-order valence-corrected chi connectivity index (χ4v) is 2.29. The van der Waals surface area contributed by atoms with E-state index in [1.54, 1.807) is 0 Å². The van der Waals surface area contributed by atoms with Gasteiger partial charge in [0.15, 0.2) is 0 Å². The number of aliphatic carboxylic acids is 1. The zero-order chi connectivity index (χ0) is 13.7. The molecule has 1 amide bonds. The highest BCUT2D eigenvalue weighted by molar-refractivity contribution is 5.85. The van der Waals surface area contributed by atoms with Crippen LogP contribution in [0.2, 0.25) is 0 Å². The highest BCUT2D eigenvalue weighted by Gasteiger charge is 2.35. The first-order valence-electron chi connectivity index (χ1n) is 6.66. The van der Waals surface area contributed by atoms with E-state index in [0.717, 1.165) is 12.8 Å². The maximum absolute atomic E-state index is 12.1. The SMILES string of the molecule is CCC1OCCC1C(=O)N[C@H](C(=O)O)C(C)CC. The minimum Gasteiger partial charge on any atom is -0.480 e.